The van der Waals surface area contributed by atoms with Gasteiger partial charge in [0.25, 0.3) is 0 Å². The molecule has 0 aliphatic heterocycles. The predicted octanol–water partition coefficient (Wildman–Crippen LogP) is 3.32. The third-order valence-corrected chi connectivity index (χ3v) is 4.81. The summed E-state index contributed by atoms with van der Waals surface area (Å²) in [5.41, 5.74) is 10.2. The van der Waals surface area contributed by atoms with Gasteiger partial charge in [-0.05, 0) is 33.8 Å². The Morgan fingerprint density at radius 1 is 1.50 bits per heavy atom. The van der Waals surface area contributed by atoms with Gasteiger partial charge in [0.2, 0.25) is 0 Å². The Morgan fingerprint density at radius 2 is 2.29 bits per heavy atom. The highest BCUT2D eigenvalue weighted by atomic mass is 79.9. The maximum atomic E-state index is 6.15. The number of thiophene rings is 1. The summed E-state index contributed by atoms with van der Waals surface area (Å²) in [6.45, 7) is 1.99. The SMILES string of the molecule is Cc1ncsc1C(N)c1cscc1Br. The highest BCUT2D eigenvalue weighted by molar-refractivity contribution is 9.10. The first-order chi connectivity index (χ1) is 6.70. The van der Waals surface area contributed by atoms with Gasteiger partial charge in [-0.25, -0.2) is 4.98 Å². The molecule has 74 valence electrons. The van der Waals surface area contributed by atoms with Crippen LogP contribution in [-0.2, 0) is 0 Å². The summed E-state index contributed by atoms with van der Waals surface area (Å²) in [7, 11) is 0. The Hall–Kier alpha value is -0.230. The van der Waals surface area contributed by atoms with Crippen LogP contribution in [0.1, 0.15) is 22.2 Å². The summed E-state index contributed by atoms with van der Waals surface area (Å²) in [6.07, 6.45) is 0. The number of aromatic nitrogens is 1. The number of nitrogens with two attached hydrogens (primary N) is 1. The van der Waals surface area contributed by atoms with Gasteiger partial charge < -0.3 is 5.73 Å². The molecule has 0 saturated carbocycles. The lowest BCUT2D eigenvalue weighted by Gasteiger charge is -2.09. The largest absolute Gasteiger partial charge is 0.319 e. The molecule has 2 aromatic rings. The second kappa shape index (κ2) is 4.10. The summed E-state index contributed by atoms with van der Waals surface area (Å²) in [4.78, 5) is 5.35. The molecule has 1 unspecified atom stereocenters. The van der Waals surface area contributed by atoms with Crippen molar-refractivity contribution in [3.8, 4) is 0 Å². The lowest BCUT2D eigenvalue weighted by atomic mass is 10.1. The fourth-order valence-corrected chi connectivity index (χ4v) is 3.67. The van der Waals surface area contributed by atoms with Gasteiger partial charge in [-0.2, -0.15) is 11.3 Å². The molecule has 0 fully saturated rings. The summed E-state index contributed by atoms with van der Waals surface area (Å²) in [6, 6.07) is -0.0527. The lowest BCUT2D eigenvalue weighted by molar-refractivity contribution is 0.878. The molecular formula is C9H9BrN2S2. The van der Waals surface area contributed by atoms with E-state index in [9.17, 15) is 0 Å². The smallest absolute Gasteiger partial charge is 0.0798 e. The van der Waals surface area contributed by atoms with Gasteiger partial charge in [-0.15, -0.1) is 11.3 Å². The lowest BCUT2D eigenvalue weighted by Crippen LogP contribution is -2.11. The maximum absolute atomic E-state index is 6.15. The van der Waals surface area contributed by atoms with Crippen molar-refractivity contribution in [1.82, 2.24) is 4.98 Å². The van der Waals surface area contributed by atoms with Gasteiger partial charge in [0.05, 0.1) is 17.2 Å². The monoisotopic (exact) mass is 288 g/mol. The Bertz CT molecular complexity index is 395. The van der Waals surface area contributed by atoms with Crippen LogP contribution in [0.3, 0.4) is 0 Å². The number of thiazole rings is 1. The van der Waals surface area contributed by atoms with Crippen molar-refractivity contribution in [2.45, 2.75) is 13.0 Å². The van der Waals surface area contributed by atoms with E-state index in [1.807, 2.05) is 17.8 Å². The van der Waals surface area contributed by atoms with Crippen LogP contribution in [0.25, 0.3) is 0 Å². The summed E-state index contributed by atoms with van der Waals surface area (Å²) in [5, 5.41) is 4.12. The molecule has 14 heavy (non-hydrogen) atoms. The van der Waals surface area contributed by atoms with Crippen molar-refractivity contribution >= 4 is 38.6 Å². The Kier molecular flexibility index (Phi) is 3.02. The third kappa shape index (κ3) is 1.77. The van der Waals surface area contributed by atoms with Gasteiger partial charge >= 0.3 is 0 Å². The zero-order valence-electron chi connectivity index (χ0n) is 7.53. The molecule has 0 saturated heterocycles. The molecular weight excluding hydrogens is 280 g/mol. The maximum Gasteiger partial charge on any atom is 0.0798 e. The van der Waals surface area contributed by atoms with Gasteiger partial charge in [-0.1, -0.05) is 0 Å². The molecule has 2 rings (SSSR count). The number of nitrogens with zero attached hydrogens (tertiary/aromatic N) is 1. The Balaban J connectivity index is 2.38. The minimum absolute atomic E-state index is 0.0527. The molecule has 0 spiro atoms. The van der Waals surface area contributed by atoms with Gasteiger partial charge in [0.15, 0.2) is 0 Å². The van der Waals surface area contributed by atoms with Crippen LogP contribution in [-0.4, -0.2) is 4.98 Å². The van der Waals surface area contributed by atoms with Gasteiger partial charge in [0, 0.05) is 14.7 Å². The van der Waals surface area contributed by atoms with E-state index >= 15 is 0 Å². The summed E-state index contributed by atoms with van der Waals surface area (Å²) in [5.74, 6) is 0. The molecule has 0 radical (unpaired) electrons. The van der Waals surface area contributed by atoms with E-state index in [-0.39, 0.29) is 6.04 Å². The normalized spacial score (nSPS) is 13.1. The quantitative estimate of drug-likeness (QED) is 0.921. The number of aryl methyl sites for hydroxylation is 1. The molecule has 0 bridgehead atoms. The topological polar surface area (TPSA) is 38.9 Å². The van der Waals surface area contributed by atoms with E-state index in [4.69, 9.17) is 5.73 Å². The number of rotatable bonds is 2. The minimum atomic E-state index is -0.0527. The summed E-state index contributed by atoms with van der Waals surface area (Å²) < 4.78 is 1.09. The van der Waals surface area contributed by atoms with E-state index in [2.05, 4.69) is 26.3 Å². The molecule has 5 heteroatoms. The van der Waals surface area contributed by atoms with E-state index in [0.29, 0.717) is 0 Å². The van der Waals surface area contributed by atoms with Gasteiger partial charge in [-0.3, -0.25) is 0 Å². The first kappa shape index (κ1) is 10.3. The van der Waals surface area contributed by atoms with Crippen LogP contribution in [0.4, 0.5) is 0 Å². The summed E-state index contributed by atoms with van der Waals surface area (Å²) >= 11 is 6.76. The van der Waals surface area contributed by atoms with Crippen molar-refractivity contribution in [1.29, 1.82) is 0 Å². The van der Waals surface area contributed by atoms with Gasteiger partial charge in [0.1, 0.15) is 0 Å². The highest BCUT2D eigenvalue weighted by Gasteiger charge is 2.16. The molecule has 2 N–H and O–H groups in total. The predicted molar refractivity (Wildman–Crippen MR) is 64.9 cm³/mol. The molecule has 0 aromatic carbocycles. The molecule has 1 atom stereocenters. The van der Waals surface area contributed by atoms with Crippen LogP contribution in [0, 0.1) is 6.92 Å². The molecule has 2 nitrogen and oxygen atoms in total. The van der Waals surface area contributed by atoms with Crippen molar-refractivity contribution < 1.29 is 0 Å². The fourth-order valence-electron chi connectivity index (χ4n) is 1.26. The van der Waals surface area contributed by atoms with Crippen LogP contribution in [0.2, 0.25) is 0 Å². The number of hydrogen-bond acceptors (Lipinski definition) is 4. The zero-order valence-corrected chi connectivity index (χ0v) is 10.7. The highest BCUT2D eigenvalue weighted by Crippen LogP contribution is 2.32. The third-order valence-electron chi connectivity index (χ3n) is 2.04. The number of halogens is 1. The Morgan fingerprint density at radius 3 is 2.79 bits per heavy atom. The average Bonchev–Trinajstić information content (AvgIpc) is 2.73. The average molecular weight is 289 g/mol. The Labute approximate surface area is 98.9 Å². The van der Waals surface area contributed by atoms with E-state index in [1.54, 1.807) is 22.7 Å². The fraction of sp³-hybridized carbons (Fsp3) is 0.222. The molecule has 0 aliphatic rings. The first-order valence-electron chi connectivity index (χ1n) is 4.07. The van der Waals surface area contributed by atoms with Crippen LogP contribution in [0.15, 0.2) is 20.7 Å². The van der Waals surface area contributed by atoms with Crippen LogP contribution < -0.4 is 5.73 Å². The van der Waals surface area contributed by atoms with Crippen molar-refractivity contribution in [2.24, 2.45) is 5.73 Å². The van der Waals surface area contributed by atoms with Crippen LogP contribution >= 0.6 is 38.6 Å². The second-order valence-corrected chi connectivity index (χ2v) is 5.44. The molecule has 2 heterocycles. The van der Waals surface area contributed by atoms with Crippen LogP contribution in [0.5, 0.6) is 0 Å². The van der Waals surface area contributed by atoms with E-state index < -0.39 is 0 Å². The van der Waals surface area contributed by atoms with E-state index in [1.165, 1.54) is 0 Å². The second-order valence-electron chi connectivity index (χ2n) is 2.95. The standard InChI is InChI=1S/C9H9BrN2S2/c1-5-9(14-4-12-5)8(11)6-2-13-3-7(6)10/h2-4,8H,11H2,1H3. The molecule has 0 aliphatic carbocycles. The zero-order chi connectivity index (χ0) is 10.1. The molecule has 2 aromatic heterocycles. The van der Waals surface area contributed by atoms with Crippen molar-refractivity contribution in [3.63, 3.8) is 0 Å². The van der Waals surface area contributed by atoms with Crippen molar-refractivity contribution in [2.75, 3.05) is 0 Å². The molecule has 0 amide bonds. The number of hydrogen-bond donors (Lipinski definition) is 1. The first-order valence-corrected chi connectivity index (χ1v) is 6.69. The van der Waals surface area contributed by atoms with E-state index in [0.717, 1.165) is 20.6 Å². The minimum Gasteiger partial charge on any atom is -0.319 e. The van der Waals surface area contributed by atoms with Crippen molar-refractivity contribution in [3.05, 3.63) is 36.9 Å².